The second-order valence-corrected chi connectivity index (χ2v) is 15.4. The highest BCUT2D eigenvalue weighted by atomic mass is 16.2. The van der Waals surface area contributed by atoms with Crippen molar-refractivity contribution in [2.75, 3.05) is 13.1 Å². The predicted octanol–water partition coefficient (Wildman–Crippen LogP) is 5.55. The monoisotopic (exact) mass is 602 g/mol. The van der Waals surface area contributed by atoms with Crippen molar-refractivity contribution in [1.29, 1.82) is 0 Å². The van der Waals surface area contributed by atoms with Crippen molar-refractivity contribution in [2.24, 2.45) is 10.8 Å². The Morgan fingerprint density at radius 3 is 1.24 bits per heavy atom. The van der Waals surface area contributed by atoms with E-state index in [2.05, 4.69) is 52.2 Å². The van der Waals surface area contributed by atoms with Crippen LogP contribution in [0.4, 0.5) is 0 Å². The lowest BCUT2D eigenvalue weighted by atomic mass is 9.63. The zero-order chi connectivity index (χ0) is 31.6. The molecule has 8 rings (SSSR count). The fourth-order valence-corrected chi connectivity index (χ4v) is 9.89. The molecule has 232 valence electrons. The molecule has 4 aromatic rings. The molecule has 0 saturated heterocycles. The number of carbonyl (C=O) groups excluding carboxylic acids is 2. The Bertz CT molecular complexity index is 1810. The standard InChI is InChI=1S/C37H42N6O2/c1-32(2)34(5)16-18-36(32,28-26(34)40-22-12-7-9-14-24(22)42-28)30(44)38-20-11-21-39-31(45)37-19-17-35(6,33(37,3)4)27-29(37)43-25-15-10-8-13-23(25)41-27/h7-10,12-15H,11,16-21H2,1-6H3,(H,38,44)(H,39,45). The van der Waals surface area contributed by atoms with Crippen molar-refractivity contribution >= 4 is 33.9 Å². The van der Waals surface area contributed by atoms with E-state index in [4.69, 9.17) is 19.9 Å². The first-order valence-corrected chi connectivity index (χ1v) is 16.5. The number of hydrogen-bond acceptors (Lipinski definition) is 6. The van der Waals surface area contributed by atoms with Crippen LogP contribution in [-0.4, -0.2) is 44.8 Å². The van der Waals surface area contributed by atoms with Gasteiger partial charge < -0.3 is 10.6 Å². The summed E-state index contributed by atoms with van der Waals surface area (Å²) in [7, 11) is 0. The molecule has 4 unspecified atom stereocenters. The number of para-hydroxylation sites is 4. The van der Waals surface area contributed by atoms with Gasteiger partial charge in [0.1, 0.15) is 0 Å². The molecule has 0 spiro atoms. The average Bonchev–Trinajstić information content (AvgIpc) is 3.49. The third kappa shape index (κ3) is 3.13. The second kappa shape index (κ2) is 8.86. The van der Waals surface area contributed by atoms with Gasteiger partial charge in [-0.05, 0) is 67.2 Å². The number of amides is 2. The molecule has 4 aliphatic carbocycles. The minimum Gasteiger partial charge on any atom is -0.355 e. The molecule has 8 heteroatoms. The maximum Gasteiger partial charge on any atom is 0.232 e. The van der Waals surface area contributed by atoms with E-state index in [1.165, 1.54) is 0 Å². The molecule has 45 heavy (non-hydrogen) atoms. The lowest BCUT2D eigenvalue weighted by Crippen LogP contribution is -2.52. The Labute approximate surface area is 264 Å². The summed E-state index contributed by atoms with van der Waals surface area (Å²) in [5.41, 5.74) is 4.44. The van der Waals surface area contributed by atoms with Gasteiger partial charge >= 0.3 is 0 Å². The Hall–Kier alpha value is -3.94. The summed E-state index contributed by atoms with van der Waals surface area (Å²) in [6.07, 6.45) is 3.95. The van der Waals surface area contributed by atoms with Crippen molar-refractivity contribution in [3.05, 3.63) is 71.3 Å². The van der Waals surface area contributed by atoms with Crippen LogP contribution in [0.2, 0.25) is 0 Å². The third-order valence-corrected chi connectivity index (χ3v) is 13.6. The number of rotatable bonds is 6. The van der Waals surface area contributed by atoms with Gasteiger partial charge in [-0.25, -0.2) is 19.9 Å². The predicted molar refractivity (Wildman–Crippen MR) is 174 cm³/mol. The highest BCUT2D eigenvalue weighted by molar-refractivity contribution is 5.94. The number of nitrogens with one attached hydrogen (secondary N) is 2. The molecule has 0 aliphatic heterocycles. The summed E-state index contributed by atoms with van der Waals surface area (Å²) in [6.45, 7) is 14.3. The van der Waals surface area contributed by atoms with E-state index in [0.29, 0.717) is 19.5 Å². The molecule has 8 nitrogen and oxygen atoms in total. The summed E-state index contributed by atoms with van der Waals surface area (Å²) in [6, 6.07) is 15.9. The van der Waals surface area contributed by atoms with Crippen LogP contribution in [0, 0.1) is 10.8 Å². The molecule has 2 fully saturated rings. The molecule has 4 atom stereocenters. The van der Waals surface area contributed by atoms with Crippen LogP contribution in [0.5, 0.6) is 0 Å². The van der Waals surface area contributed by atoms with E-state index in [1.54, 1.807) is 0 Å². The van der Waals surface area contributed by atoms with Crippen LogP contribution in [-0.2, 0) is 31.2 Å². The SMILES string of the molecule is CC12CCC(C(=O)NCCCNC(=O)C34CCC(C)(c5nc6ccccc6nc53)C4(C)C)(c3nc4ccccc4nc31)C2(C)C. The number of hydrogen-bond donors (Lipinski definition) is 2. The fraction of sp³-hybridized carbons (Fsp3) is 0.514. The van der Waals surface area contributed by atoms with Gasteiger partial charge in [-0.3, -0.25) is 9.59 Å². The summed E-state index contributed by atoms with van der Waals surface area (Å²) < 4.78 is 0. The molecule has 2 N–H and O–H groups in total. The third-order valence-electron chi connectivity index (χ3n) is 13.6. The van der Waals surface area contributed by atoms with Crippen LogP contribution >= 0.6 is 0 Å². The quantitative estimate of drug-likeness (QED) is 0.280. The first-order valence-electron chi connectivity index (χ1n) is 16.5. The first kappa shape index (κ1) is 28.5. The zero-order valence-electron chi connectivity index (χ0n) is 27.2. The Balaban J connectivity index is 0.997. The van der Waals surface area contributed by atoms with E-state index in [1.807, 2.05) is 48.5 Å². The van der Waals surface area contributed by atoms with Gasteiger partial charge in [0.25, 0.3) is 0 Å². The summed E-state index contributed by atoms with van der Waals surface area (Å²) >= 11 is 0. The average molecular weight is 603 g/mol. The van der Waals surface area contributed by atoms with Gasteiger partial charge in [0.15, 0.2) is 0 Å². The van der Waals surface area contributed by atoms with Crippen LogP contribution in [0.3, 0.4) is 0 Å². The smallest absolute Gasteiger partial charge is 0.232 e. The Morgan fingerprint density at radius 1 is 0.556 bits per heavy atom. The summed E-state index contributed by atoms with van der Waals surface area (Å²) in [5.74, 6) is 0.0353. The number of aromatic nitrogens is 4. The van der Waals surface area contributed by atoms with Crippen molar-refractivity contribution < 1.29 is 9.59 Å². The lowest BCUT2D eigenvalue weighted by molar-refractivity contribution is -0.130. The second-order valence-electron chi connectivity index (χ2n) is 15.4. The first-order chi connectivity index (χ1) is 21.3. The van der Waals surface area contributed by atoms with Crippen molar-refractivity contribution in [1.82, 2.24) is 30.6 Å². The number of fused-ring (bicyclic) bond motifs is 12. The van der Waals surface area contributed by atoms with Crippen molar-refractivity contribution in [2.45, 2.75) is 95.3 Å². The van der Waals surface area contributed by atoms with E-state index in [-0.39, 0.29) is 33.5 Å². The van der Waals surface area contributed by atoms with E-state index < -0.39 is 10.8 Å². The van der Waals surface area contributed by atoms with Crippen molar-refractivity contribution in [3.8, 4) is 0 Å². The molecule has 2 aromatic heterocycles. The molecule has 2 amide bonds. The lowest BCUT2D eigenvalue weighted by Gasteiger charge is -2.39. The van der Waals surface area contributed by atoms with Gasteiger partial charge in [0.2, 0.25) is 11.8 Å². The minimum atomic E-state index is -0.732. The van der Waals surface area contributed by atoms with Gasteiger partial charge in [-0.2, -0.15) is 0 Å². The molecule has 2 saturated carbocycles. The summed E-state index contributed by atoms with van der Waals surface area (Å²) in [4.78, 5) is 48.6. The van der Waals surface area contributed by atoms with E-state index in [9.17, 15) is 9.59 Å². The molecule has 0 radical (unpaired) electrons. The minimum absolute atomic E-state index is 0.0176. The van der Waals surface area contributed by atoms with Gasteiger partial charge in [-0.15, -0.1) is 0 Å². The largest absolute Gasteiger partial charge is 0.355 e. The Morgan fingerprint density at radius 2 is 0.889 bits per heavy atom. The summed E-state index contributed by atoms with van der Waals surface area (Å²) in [5, 5.41) is 6.52. The normalized spacial score (nSPS) is 31.2. The van der Waals surface area contributed by atoms with Crippen LogP contribution in [0.1, 0.15) is 96.4 Å². The van der Waals surface area contributed by atoms with Gasteiger partial charge in [-0.1, -0.05) is 65.8 Å². The van der Waals surface area contributed by atoms with Crippen LogP contribution < -0.4 is 10.6 Å². The molecule has 4 aliphatic rings. The van der Waals surface area contributed by atoms with Crippen LogP contribution in [0.15, 0.2) is 48.5 Å². The maximum absolute atomic E-state index is 14.2. The number of benzene rings is 2. The van der Waals surface area contributed by atoms with Crippen molar-refractivity contribution in [3.63, 3.8) is 0 Å². The maximum atomic E-state index is 14.2. The van der Waals surface area contributed by atoms with E-state index in [0.717, 1.165) is 70.5 Å². The van der Waals surface area contributed by atoms with E-state index >= 15 is 0 Å². The highest BCUT2D eigenvalue weighted by Crippen LogP contribution is 2.71. The van der Waals surface area contributed by atoms with Gasteiger partial charge in [0.05, 0.1) is 55.7 Å². The fourth-order valence-electron chi connectivity index (χ4n) is 9.89. The molecular formula is C37H42N6O2. The molecule has 4 bridgehead atoms. The highest BCUT2D eigenvalue weighted by Gasteiger charge is 2.74. The Kier molecular flexibility index (Phi) is 5.62. The molecule has 2 heterocycles. The molecular weight excluding hydrogens is 560 g/mol. The molecule has 2 aromatic carbocycles. The zero-order valence-corrected chi connectivity index (χ0v) is 27.2. The number of carbonyl (C=O) groups is 2. The van der Waals surface area contributed by atoms with Crippen LogP contribution in [0.25, 0.3) is 22.1 Å². The van der Waals surface area contributed by atoms with Gasteiger partial charge in [0, 0.05) is 23.9 Å². The topological polar surface area (TPSA) is 110 Å². The number of nitrogens with zero attached hydrogens (tertiary/aromatic N) is 4.